The normalized spacial score (nSPS) is 12.1. The zero-order valence-electron chi connectivity index (χ0n) is 11.0. The maximum absolute atomic E-state index is 9.87. The maximum Gasteiger partial charge on any atom is 0.126 e. The van der Waals surface area contributed by atoms with Crippen molar-refractivity contribution in [3.8, 4) is 5.75 Å². The number of ether oxygens (including phenoxy) is 1. The zero-order valence-corrected chi connectivity index (χ0v) is 11.0. The molecule has 1 rings (SSSR count). The van der Waals surface area contributed by atoms with Crippen molar-refractivity contribution in [2.24, 2.45) is 0 Å². The molecule has 0 fully saturated rings. The van der Waals surface area contributed by atoms with Crippen LogP contribution in [-0.4, -0.2) is 25.8 Å². The van der Waals surface area contributed by atoms with Crippen LogP contribution in [-0.2, 0) is 0 Å². The Morgan fingerprint density at radius 1 is 1.53 bits per heavy atom. The highest BCUT2D eigenvalue weighted by molar-refractivity contribution is 5.60. The van der Waals surface area contributed by atoms with E-state index in [0.717, 1.165) is 23.4 Å². The molecular weight excluding hydrogens is 214 g/mol. The number of benzene rings is 1. The molecule has 3 nitrogen and oxygen atoms in total. The molecule has 0 aliphatic carbocycles. The third kappa shape index (κ3) is 3.24. The number of nitrogens with zero attached hydrogens (tertiary/aromatic N) is 1. The summed E-state index contributed by atoms with van der Waals surface area (Å²) in [6.45, 7) is 8.39. The summed E-state index contributed by atoms with van der Waals surface area (Å²) < 4.78 is 5.29. The van der Waals surface area contributed by atoms with Gasteiger partial charge in [-0.2, -0.15) is 0 Å². The van der Waals surface area contributed by atoms with E-state index in [1.807, 2.05) is 32.2 Å². The number of anilines is 1. The van der Waals surface area contributed by atoms with Crippen molar-refractivity contribution in [1.29, 1.82) is 0 Å². The predicted octanol–water partition coefficient (Wildman–Crippen LogP) is 2.76. The zero-order chi connectivity index (χ0) is 13.0. The van der Waals surface area contributed by atoms with Crippen molar-refractivity contribution < 1.29 is 9.84 Å². The third-order valence-corrected chi connectivity index (χ3v) is 2.60. The number of aliphatic hydroxyl groups excluding tert-OH is 1. The van der Waals surface area contributed by atoms with Crippen molar-refractivity contribution in [3.05, 3.63) is 35.9 Å². The van der Waals surface area contributed by atoms with Crippen LogP contribution in [0.2, 0.25) is 0 Å². The van der Waals surface area contributed by atoms with Crippen molar-refractivity contribution in [2.75, 3.05) is 25.6 Å². The molecule has 0 aliphatic rings. The van der Waals surface area contributed by atoms with Crippen LogP contribution in [0, 0.1) is 0 Å². The van der Waals surface area contributed by atoms with Gasteiger partial charge in [0.25, 0.3) is 0 Å². The summed E-state index contributed by atoms with van der Waals surface area (Å²) in [7, 11) is 3.60. The van der Waals surface area contributed by atoms with Gasteiger partial charge in [0.1, 0.15) is 5.75 Å². The number of aliphatic hydroxyl groups is 1. The van der Waals surface area contributed by atoms with E-state index in [1.54, 1.807) is 14.0 Å². The lowest BCUT2D eigenvalue weighted by molar-refractivity contribution is 0.194. The Labute approximate surface area is 103 Å². The van der Waals surface area contributed by atoms with E-state index < -0.39 is 6.10 Å². The minimum absolute atomic E-state index is 0.561. The van der Waals surface area contributed by atoms with Crippen LogP contribution in [0.5, 0.6) is 5.75 Å². The van der Waals surface area contributed by atoms with E-state index in [1.165, 1.54) is 0 Å². The molecule has 1 N–H and O–H groups in total. The van der Waals surface area contributed by atoms with Crippen LogP contribution in [0.4, 0.5) is 5.69 Å². The molecule has 0 aromatic heterocycles. The maximum atomic E-state index is 9.87. The van der Waals surface area contributed by atoms with Gasteiger partial charge in [0.2, 0.25) is 0 Å². The van der Waals surface area contributed by atoms with Gasteiger partial charge in [0, 0.05) is 24.8 Å². The number of rotatable bonds is 5. The van der Waals surface area contributed by atoms with Gasteiger partial charge in [-0.25, -0.2) is 0 Å². The summed E-state index contributed by atoms with van der Waals surface area (Å²) in [5.74, 6) is 0.714. The summed E-state index contributed by atoms with van der Waals surface area (Å²) in [6, 6.07) is 5.77. The summed E-state index contributed by atoms with van der Waals surface area (Å²) in [5, 5.41) is 9.87. The highest BCUT2D eigenvalue weighted by Gasteiger charge is 2.16. The summed E-state index contributed by atoms with van der Waals surface area (Å²) in [5.41, 5.74) is 2.87. The topological polar surface area (TPSA) is 32.7 Å². The van der Waals surface area contributed by atoms with Crippen molar-refractivity contribution in [1.82, 2.24) is 0 Å². The first-order valence-electron chi connectivity index (χ1n) is 5.67. The monoisotopic (exact) mass is 235 g/mol. The molecular formula is C14H21NO2. The molecule has 0 unspecified atom stereocenters. The second-order valence-electron chi connectivity index (χ2n) is 4.38. The van der Waals surface area contributed by atoms with Crippen LogP contribution in [0.1, 0.15) is 25.5 Å². The highest BCUT2D eigenvalue weighted by atomic mass is 16.5. The van der Waals surface area contributed by atoms with E-state index >= 15 is 0 Å². The first-order chi connectivity index (χ1) is 7.97. The molecule has 94 valence electrons. The summed E-state index contributed by atoms with van der Waals surface area (Å²) in [6.07, 6.45) is -0.561. The molecule has 3 heteroatoms. The van der Waals surface area contributed by atoms with E-state index in [-0.39, 0.29) is 0 Å². The van der Waals surface area contributed by atoms with Crippen molar-refractivity contribution in [3.63, 3.8) is 0 Å². The Kier molecular flexibility index (Phi) is 4.58. The van der Waals surface area contributed by atoms with E-state index in [4.69, 9.17) is 4.74 Å². The Hall–Kier alpha value is -1.48. The molecule has 0 aliphatic heterocycles. The van der Waals surface area contributed by atoms with Crippen LogP contribution in [0.25, 0.3) is 0 Å². The van der Waals surface area contributed by atoms with Crippen molar-refractivity contribution in [2.45, 2.75) is 20.0 Å². The van der Waals surface area contributed by atoms with Crippen LogP contribution >= 0.6 is 0 Å². The number of hydrogen-bond acceptors (Lipinski definition) is 3. The fraction of sp³-hybridized carbons (Fsp3) is 0.429. The van der Waals surface area contributed by atoms with Crippen molar-refractivity contribution >= 4 is 5.69 Å². The Balaban J connectivity index is 3.18. The number of methoxy groups -OCH3 is 1. The molecule has 0 amide bonds. The fourth-order valence-corrected chi connectivity index (χ4v) is 1.95. The number of likely N-dealkylation sites (N-methyl/N-ethyl adjacent to an activating group) is 1. The summed E-state index contributed by atoms with van der Waals surface area (Å²) >= 11 is 0. The molecule has 0 saturated heterocycles. The van der Waals surface area contributed by atoms with E-state index in [9.17, 15) is 5.11 Å². The molecule has 0 radical (unpaired) electrons. The fourth-order valence-electron chi connectivity index (χ4n) is 1.95. The number of hydrogen-bond donors (Lipinski definition) is 1. The first kappa shape index (κ1) is 13.6. The average Bonchev–Trinajstić information content (AvgIpc) is 2.26. The lowest BCUT2D eigenvalue weighted by Crippen LogP contribution is -2.21. The SMILES string of the molecule is C=C(C)CN(C)c1cccc(OC)c1[C@@H](C)O. The molecule has 17 heavy (non-hydrogen) atoms. The molecule has 0 bridgehead atoms. The molecule has 0 heterocycles. The average molecular weight is 235 g/mol. The molecule has 1 aromatic rings. The Morgan fingerprint density at radius 3 is 2.65 bits per heavy atom. The van der Waals surface area contributed by atoms with Gasteiger partial charge < -0.3 is 14.7 Å². The largest absolute Gasteiger partial charge is 0.496 e. The van der Waals surface area contributed by atoms with Gasteiger partial charge >= 0.3 is 0 Å². The van der Waals surface area contributed by atoms with Gasteiger partial charge in [0.05, 0.1) is 13.2 Å². The highest BCUT2D eigenvalue weighted by Crippen LogP contribution is 2.34. The first-order valence-corrected chi connectivity index (χ1v) is 5.67. The molecule has 1 atom stereocenters. The Bertz CT molecular complexity index is 399. The standard InChI is InChI=1S/C14H21NO2/c1-10(2)9-15(4)12-7-6-8-13(17-5)14(12)11(3)16/h6-8,11,16H,1,9H2,2-5H3/t11-/m1/s1. The lowest BCUT2D eigenvalue weighted by Gasteiger charge is -2.25. The minimum Gasteiger partial charge on any atom is -0.496 e. The lowest BCUT2D eigenvalue weighted by atomic mass is 10.1. The molecule has 0 spiro atoms. The minimum atomic E-state index is -0.561. The van der Waals surface area contributed by atoms with E-state index in [2.05, 4.69) is 11.5 Å². The van der Waals surface area contributed by atoms with Gasteiger partial charge in [0.15, 0.2) is 0 Å². The molecule has 0 saturated carbocycles. The van der Waals surface area contributed by atoms with E-state index in [0.29, 0.717) is 5.75 Å². The summed E-state index contributed by atoms with van der Waals surface area (Å²) in [4.78, 5) is 2.06. The smallest absolute Gasteiger partial charge is 0.126 e. The van der Waals surface area contributed by atoms with Gasteiger partial charge in [-0.05, 0) is 26.0 Å². The van der Waals surface area contributed by atoms with Gasteiger partial charge in [-0.15, -0.1) is 0 Å². The molecule has 1 aromatic carbocycles. The van der Waals surface area contributed by atoms with Crippen LogP contribution < -0.4 is 9.64 Å². The van der Waals surface area contributed by atoms with Crippen LogP contribution in [0.15, 0.2) is 30.4 Å². The third-order valence-electron chi connectivity index (χ3n) is 2.60. The van der Waals surface area contributed by atoms with Crippen LogP contribution in [0.3, 0.4) is 0 Å². The van der Waals surface area contributed by atoms with Gasteiger partial charge in [-0.3, -0.25) is 0 Å². The second kappa shape index (κ2) is 5.73. The predicted molar refractivity (Wildman–Crippen MR) is 71.7 cm³/mol. The van der Waals surface area contributed by atoms with Gasteiger partial charge in [-0.1, -0.05) is 18.2 Å². The Morgan fingerprint density at radius 2 is 2.18 bits per heavy atom. The quantitative estimate of drug-likeness (QED) is 0.797. The second-order valence-corrected chi connectivity index (χ2v) is 4.38.